The molecule has 0 fully saturated rings. The summed E-state index contributed by atoms with van der Waals surface area (Å²) >= 11 is 0. The minimum Gasteiger partial charge on any atom is -0.497 e. The molecule has 0 atom stereocenters. The number of ether oxygens (including phenoxy) is 3. The molecule has 0 aromatic heterocycles. The van der Waals surface area contributed by atoms with Gasteiger partial charge in [-0.15, -0.1) is 24.0 Å². The van der Waals surface area contributed by atoms with Crippen LogP contribution in [-0.2, 0) is 11.3 Å². The third-order valence-electron chi connectivity index (χ3n) is 3.67. The molecule has 2 rings (SSSR count). The fraction of sp³-hybridized carbons (Fsp3) is 0.350. The highest BCUT2D eigenvalue weighted by molar-refractivity contribution is 14.0. The lowest BCUT2D eigenvalue weighted by Gasteiger charge is -2.12. The van der Waals surface area contributed by atoms with Crippen LogP contribution >= 0.6 is 24.0 Å². The van der Waals surface area contributed by atoms with E-state index in [2.05, 4.69) is 10.3 Å². The average Bonchev–Trinajstić information content (AvgIpc) is 2.64. The predicted molar refractivity (Wildman–Crippen MR) is 121 cm³/mol. The zero-order valence-electron chi connectivity index (χ0n) is 16.0. The van der Waals surface area contributed by atoms with Crippen LogP contribution in [0.3, 0.4) is 0 Å². The minimum atomic E-state index is 0. The van der Waals surface area contributed by atoms with E-state index in [9.17, 15) is 0 Å². The molecule has 0 aliphatic rings. The van der Waals surface area contributed by atoms with Gasteiger partial charge in [-0.2, -0.15) is 0 Å². The standard InChI is InChI=1S/C20H27N3O3.HI/c1-4-25-10-11-26-19-12-15(2)8-9-16(19)14-22-20(21)23-17-6-5-7-18(13-17)24-3;/h5-9,12-13H,4,10-11,14H2,1-3H3,(H3,21,22,23);1H. The fourth-order valence-electron chi connectivity index (χ4n) is 2.34. The zero-order chi connectivity index (χ0) is 18.8. The number of methoxy groups -OCH3 is 1. The molecular formula is C20H28IN3O3. The average molecular weight is 485 g/mol. The van der Waals surface area contributed by atoms with Crippen molar-refractivity contribution in [3.8, 4) is 11.5 Å². The number of anilines is 1. The topological polar surface area (TPSA) is 78.1 Å². The number of nitrogens with one attached hydrogen (secondary N) is 1. The molecule has 0 aliphatic carbocycles. The minimum absolute atomic E-state index is 0. The van der Waals surface area contributed by atoms with Crippen molar-refractivity contribution < 1.29 is 14.2 Å². The highest BCUT2D eigenvalue weighted by Crippen LogP contribution is 2.21. The van der Waals surface area contributed by atoms with Crippen molar-refractivity contribution in [2.75, 3.05) is 32.2 Å². The van der Waals surface area contributed by atoms with E-state index in [1.807, 2.05) is 56.3 Å². The summed E-state index contributed by atoms with van der Waals surface area (Å²) in [6.07, 6.45) is 0. The fourth-order valence-corrected chi connectivity index (χ4v) is 2.34. The van der Waals surface area contributed by atoms with E-state index in [-0.39, 0.29) is 24.0 Å². The van der Waals surface area contributed by atoms with Crippen LogP contribution in [0.4, 0.5) is 5.69 Å². The van der Waals surface area contributed by atoms with Crippen molar-refractivity contribution >= 4 is 35.6 Å². The van der Waals surface area contributed by atoms with Crippen LogP contribution in [0.5, 0.6) is 11.5 Å². The lowest BCUT2D eigenvalue weighted by atomic mass is 10.1. The van der Waals surface area contributed by atoms with Gasteiger partial charge in [-0.1, -0.05) is 18.2 Å². The van der Waals surface area contributed by atoms with Crippen LogP contribution in [0.1, 0.15) is 18.1 Å². The Labute approximate surface area is 178 Å². The van der Waals surface area contributed by atoms with Gasteiger partial charge in [0.15, 0.2) is 5.96 Å². The normalized spacial score (nSPS) is 10.9. The number of hydrogen-bond acceptors (Lipinski definition) is 4. The van der Waals surface area contributed by atoms with Crippen molar-refractivity contribution in [1.82, 2.24) is 0 Å². The number of aliphatic imine (C=N–C) groups is 1. The molecule has 0 spiro atoms. The van der Waals surface area contributed by atoms with Gasteiger partial charge in [0, 0.05) is 23.9 Å². The molecule has 0 bridgehead atoms. The van der Waals surface area contributed by atoms with Crippen molar-refractivity contribution in [3.63, 3.8) is 0 Å². The Morgan fingerprint density at radius 2 is 1.96 bits per heavy atom. The van der Waals surface area contributed by atoms with E-state index >= 15 is 0 Å². The molecular weight excluding hydrogens is 457 g/mol. The first kappa shape index (κ1) is 23.0. The van der Waals surface area contributed by atoms with Crippen LogP contribution in [0, 0.1) is 6.92 Å². The first-order valence-electron chi connectivity index (χ1n) is 8.63. The molecule has 27 heavy (non-hydrogen) atoms. The quantitative estimate of drug-likeness (QED) is 0.243. The number of benzene rings is 2. The Morgan fingerprint density at radius 3 is 2.70 bits per heavy atom. The number of aryl methyl sites for hydroxylation is 1. The summed E-state index contributed by atoms with van der Waals surface area (Å²) in [7, 11) is 1.63. The first-order valence-corrected chi connectivity index (χ1v) is 8.63. The molecule has 0 unspecified atom stereocenters. The maximum Gasteiger partial charge on any atom is 0.193 e. The molecule has 0 saturated carbocycles. The maximum absolute atomic E-state index is 6.00. The van der Waals surface area contributed by atoms with E-state index in [4.69, 9.17) is 19.9 Å². The van der Waals surface area contributed by atoms with Gasteiger partial charge in [-0.05, 0) is 37.6 Å². The maximum atomic E-state index is 6.00. The molecule has 6 nitrogen and oxygen atoms in total. The van der Waals surface area contributed by atoms with Crippen molar-refractivity contribution in [1.29, 1.82) is 0 Å². The third-order valence-corrected chi connectivity index (χ3v) is 3.67. The van der Waals surface area contributed by atoms with Crippen LogP contribution in [0.25, 0.3) is 0 Å². The SMILES string of the molecule is CCOCCOc1cc(C)ccc1CN=C(N)Nc1cccc(OC)c1.I. The van der Waals surface area contributed by atoms with Gasteiger partial charge in [0.25, 0.3) is 0 Å². The van der Waals surface area contributed by atoms with E-state index < -0.39 is 0 Å². The number of halogens is 1. The largest absolute Gasteiger partial charge is 0.497 e. The Morgan fingerprint density at radius 1 is 1.15 bits per heavy atom. The van der Waals surface area contributed by atoms with Crippen LogP contribution in [0.15, 0.2) is 47.5 Å². The Balaban J connectivity index is 0.00000364. The zero-order valence-corrected chi connectivity index (χ0v) is 18.4. The first-order chi connectivity index (χ1) is 12.6. The van der Waals surface area contributed by atoms with Gasteiger partial charge >= 0.3 is 0 Å². The molecule has 2 aromatic carbocycles. The Bertz CT molecular complexity index is 738. The molecule has 0 radical (unpaired) electrons. The van der Waals surface area contributed by atoms with E-state index in [0.29, 0.717) is 32.3 Å². The predicted octanol–water partition coefficient (Wildman–Crippen LogP) is 3.96. The molecule has 3 N–H and O–H groups in total. The molecule has 0 amide bonds. The molecule has 0 heterocycles. The van der Waals surface area contributed by atoms with E-state index in [1.165, 1.54) is 0 Å². The molecule has 0 aliphatic heterocycles. The highest BCUT2D eigenvalue weighted by Gasteiger charge is 2.05. The summed E-state index contributed by atoms with van der Waals surface area (Å²) in [6.45, 7) is 6.16. The van der Waals surface area contributed by atoms with Gasteiger partial charge < -0.3 is 25.3 Å². The number of nitrogens with zero attached hydrogens (tertiary/aromatic N) is 1. The van der Waals surface area contributed by atoms with Crippen molar-refractivity contribution in [2.24, 2.45) is 10.7 Å². The van der Waals surface area contributed by atoms with Crippen molar-refractivity contribution in [3.05, 3.63) is 53.6 Å². The summed E-state index contributed by atoms with van der Waals surface area (Å²) in [5.41, 5.74) is 8.93. The van der Waals surface area contributed by atoms with Gasteiger partial charge in [0.2, 0.25) is 0 Å². The Kier molecular flexibility index (Phi) is 10.6. The van der Waals surface area contributed by atoms with Crippen molar-refractivity contribution in [2.45, 2.75) is 20.4 Å². The lowest BCUT2D eigenvalue weighted by molar-refractivity contribution is 0.110. The smallest absolute Gasteiger partial charge is 0.193 e. The van der Waals surface area contributed by atoms with Crippen LogP contribution in [0.2, 0.25) is 0 Å². The monoisotopic (exact) mass is 485 g/mol. The second-order valence-corrected chi connectivity index (χ2v) is 5.71. The van der Waals surface area contributed by atoms with Gasteiger partial charge in [-0.3, -0.25) is 0 Å². The summed E-state index contributed by atoms with van der Waals surface area (Å²) < 4.78 is 16.3. The number of nitrogens with two attached hydrogens (primary N) is 1. The highest BCUT2D eigenvalue weighted by atomic mass is 127. The van der Waals surface area contributed by atoms with Gasteiger partial charge in [0.05, 0.1) is 20.3 Å². The summed E-state index contributed by atoms with van der Waals surface area (Å²) in [6, 6.07) is 13.6. The molecule has 0 saturated heterocycles. The number of hydrogen-bond donors (Lipinski definition) is 2. The summed E-state index contributed by atoms with van der Waals surface area (Å²) in [5, 5.41) is 3.06. The Hall–Kier alpha value is -2.00. The number of guanidine groups is 1. The van der Waals surface area contributed by atoms with Crippen LogP contribution in [-0.4, -0.2) is 32.9 Å². The molecule has 148 valence electrons. The second-order valence-electron chi connectivity index (χ2n) is 5.71. The van der Waals surface area contributed by atoms with Gasteiger partial charge in [-0.25, -0.2) is 4.99 Å². The lowest BCUT2D eigenvalue weighted by Crippen LogP contribution is -2.22. The molecule has 7 heteroatoms. The van der Waals surface area contributed by atoms with Gasteiger partial charge in [0.1, 0.15) is 18.1 Å². The second kappa shape index (κ2) is 12.4. The van der Waals surface area contributed by atoms with E-state index in [0.717, 1.165) is 28.3 Å². The van der Waals surface area contributed by atoms with E-state index in [1.54, 1.807) is 7.11 Å². The molecule has 2 aromatic rings. The number of rotatable bonds is 9. The third kappa shape index (κ3) is 8.04. The summed E-state index contributed by atoms with van der Waals surface area (Å²) in [5.74, 6) is 1.90. The summed E-state index contributed by atoms with van der Waals surface area (Å²) in [4.78, 5) is 4.41. The van der Waals surface area contributed by atoms with Crippen LogP contribution < -0.4 is 20.5 Å².